The Kier molecular flexibility index (Phi) is 7.84. The van der Waals surface area contributed by atoms with Crippen LogP contribution in [-0.4, -0.2) is 47.0 Å². The van der Waals surface area contributed by atoms with Crippen LogP contribution in [0.15, 0.2) is 66.7 Å². The number of aromatic amines is 1. The second-order valence-electron chi connectivity index (χ2n) is 9.49. The number of imidazole rings is 1. The first-order chi connectivity index (χ1) is 19.4. The molecule has 2 aromatic heterocycles. The Morgan fingerprint density at radius 3 is 2.27 bits per heavy atom. The van der Waals surface area contributed by atoms with Gasteiger partial charge in [0.1, 0.15) is 5.82 Å². The van der Waals surface area contributed by atoms with Crippen molar-refractivity contribution in [2.24, 2.45) is 0 Å². The van der Waals surface area contributed by atoms with Gasteiger partial charge in [-0.2, -0.15) is 5.21 Å². The van der Waals surface area contributed by atoms with Crippen LogP contribution in [0.1, 0.15) is 58.9 Å². The molecule has 10 heteroatoms. The standard InChI is InChI=1S/C30H27ClN6O3/c1-3-4-5-26-32-28(31)27(30(39)40)37(26)17-19-6-8-22(9-7-19)25-16-23(14-15-24(25)29-33-35-36-34-29)21-12-10-20(11-13-21)18(2)38/h6-16H,3-5,17H2,1-2H3,(H,39,40)(H,33,34,35,36). The summed E-state index contributed by atoms with van der Waals surface area (Å²) in [5.74, 6) is 0.0500. The summed E-state index contributed by atoms with van der Waals surface area (Å²) >= 11 is 6.20. The van der Waals surface area contributed by atoms with Crippen LogP contribution in [0.3, 0.4) is 0 Å². The first kappa shape index (κ1) is 27.0. The Balaban J connectivity index is 1.51. The van der Waals surface area contributed by atoms with Gasteiger partial charge in [0.25, 0.3) is 0 Å². The number of carboxylic acid groups (broad SMARTS) is 1. The molecule has 0 fully saturated rings. The van der Waals surface area contributed by atoms with Crippen molar-refractivity contribution in [1.29, 1.82) is 0 Å². The maximum Gasteiger partial charge on any atom is 0.355 e. The normalized spacial score (nSPS) is 11.1. The number of benzene rings is 3. The second-order valence-corrected chi connectivity index (χ2v) is 9.85. The molecule has 0 spiro atoms. The highest BCUT2D eigenvalue weighted by Gasteiger charge is 2.21. The summed E-state index contributed by atoms with van der Waals surface area (Å²) in [5.41, 5.74) is 6.16. The molecule has 9 nitrogen and oxygen atoms in total. The van der Waals surface area contributed by atoms with Crippen molar-refractivity contribution >= 4 is 23.4 Å². The number of hydrogen-bond donors (Lipinski definition) is 2. The van der Waals surface area contributed by atoms with E-state index in [9.17, 15) is 14.7 Å². The number of H-pyrrole nitrogens is 1. The molecule has 0 radical (unpaired) electrons. The topological polar surface area (TPSA) is 127 Å². The van der Waals surface area contributed by atoms with Crippen LogP contribution in [0.25, 0.3) is 33.6 Å². The van der Waals surface area contributed by atoms with E-state index in [0.29, 0.717) is 30.2 Å². The Morgan fingerprint density at radius 2 is 1.65 bits per heavy atom. The maximum absolute atomic E-state index is 11.9. The molecule has 0 unspecified atom stereocenters. The van der Waals surface area contributed by atoms with Gasteiger partial charge in [-0.05, 0) is 58.5 Å². The zero-order chi connectivity index (χ0) is 28.2. The number of unbranched alkanes of at least 4 members (excludes halogenated alkanes) is 1. The van der Waals surface area contributed by atoms with E-state index in [0.717, 1.165) is 46.2 Å². The van der Waals surface area contributed by atoms with Gasteiger partial charge in [-0.1, -0.05) is 79.5 Å². The molecule has 3 aromatic carbocycles. The Labute approximate surface area is 235 Å². The van der Waals surface area contributed by atoms with Crippen molar-refractivity contribution in [3.05, 3.63) is 94.5 Å². The number of carbonyl (C=O) groups excluding carboxylic acids is 1. The van der Waals surface area contributed by atoms with Crippen LogP contribution in [0, 0.1) is 0 Å². The lowest BCUT2D eigenvalue weighted by atomic mass is 9.93. The van der Waals surface area contributed by atoms with E-state index in [2.05, 4.69) is 38.6 Å². The Morgan fingerprint density at radius 1 is 0.950 bits per heavy atom. The lowest BCUT2D eigenvalue weighted by Gasteiger charge is -2.13. The molecule has 0 saturated heterocycles. The molecule has 0 saturated carbocycles. The highest BCUT2D eigenvalue weighted by Crippen LogP contribution is 2.34. The van der Waals surface area contributed by atoms with E-state index < -0.39 is 5.97 Å². The number of carboxylic acids is 1. The zero-order valence-electron chi connectivity index (χ0n) is 22.1. The van der Waals surface area contributed by atoms with Crippen LogP contribution >= 0.6 is 11.6 Å². The van der Waals surface area contributed by atoms with Gasteiger partial charge in [0.05, 0.1) is 0 Å². The van der Waals surface area contributed by atoms with E-state index >= 15 is 0 Å². The molecule has 2 heterocycles. The molecule has 40 heavy (non-hydrogen) atoms. The van der Waals surface area contributed by atoms with E-state index in [4.69, 9.17) is 11.6 Å². The molecule has 0 aliphatic carbocycles. The number of aryl methyl sites for hydroxylation is 1. The molecule has 2 N–H and O–H groups in total. The van der Waals surface area contributed by atoms with Gasteiger partial charge in [-0.15, -0.1) is 10.2 Å². The molecule has 0 aliphatic heterocycles. The third-order valence-corrected chi connectivity index (χ3v) is 7.06. The van der Waals surface area contributed by atoms with E-state index in [1.54, 1.807) is 11.5 Å². The molecule has 5 aromatic rings. The highest BCUT2D eigenvalue weighted by molar-refractivity contribution is 6.32. The fourth-order valence-electron chi connectivity index (χ4n) is 4.67. The number of aromatic carboxylic acids is 1. The molecule has 0 atom stereocenters. The van der Waals surface area contributed by atoms with Crippen LogP contribution in [0.5, 0.6) is 0 Å². The minimum Gasteiger partial charge on any atom is -0.476 e. The fraction of sp³-hybridized carbons (Fsp3) is 0.200. The average molecular weight is 555 g/mol. The van der Waals surface area contributed by atoms with Crippen molar-refractivity contribution in [3.8, 4) is 33.6 Å². The van der Waals surface area contributed by atoms with Gasteiger partial charge < -0.3 is 9.67 Å². The average Bonchev–Trinajstić information content (AvgIpc) is 3.60. The third-order valence-electron chi connectivity index (χ3n) is 6.80. The van der Waals surface area contributed by atoms with Crippen molar-refractivity contribution < 1.29 is 14.7 Å². The van der Waals surface area contributed by atoms with E-state index in [1.807, 2.05) is 60.7 Å². The first-order valence-electron chi connectivity index (χ1n) is 12.9. The van der Waals surface area contributed by atoms with Crippen LogP contribution in [-0.2, 0) is 13.0 Å². The third kappa shape index (κ3) is 5.55. The number of ketones is 1. The van der Waals surface area contributed by atoms with Crippen molar-refractivity contribution in [2.45, 2.75) is 39.7 Å². The zero-order valence-corrected chi connectivity index (χ0v) is 22.8. The Bertz CT molecular complexity index is 1660. The fourth-order valence-corrected chi connectivity index (χ4v) is 4.95. The lowest BCUT2D eigenvalue weighted by molar-refractivity contribution is 0.0685. The minimum absolute atomic E-state index is 0.000248. The smallest absolute Gasteiger partial charge is 0.355 e. The summed E-state index contributed by atoms with van der Waals surface area (Å²) in [6.45, 7) is 3.96. The quantitative estimate of drug-likeness (QED) is 0.193. The molecule has 0 aliphatic rings. The van der Waals surface area contributed by atoms with Gasteiger partial charge in [0, 0.05) is 24.1 Å². The number of rotatable bonds is 10. The van der Waals surface area contributed by atoms with Crippen LogP contribution in [0.2, 0.25) is 5.15 Å². The number of nitrogens with zero attached hydrogens (tertiary/aromatic N) is 5. The molecule has 0 amide bonds. The first-order valence-corrected chi connectivity index (χ1v) is 13.3. The number of aromatic nitrogens is 6. The molecule has 0 bridgehead atoms. The van der Waals surface area contributed by atoms with E-state index in [-0.39, 0.29) is 16.6 Å². The summed E-state index contributed by atoms with van der Waals surface area (Å²) in [6, 6.07) is 21.4. The van der Waals surface area contributed by atoms with Crippen LogP contribution < -0.4 is 0 Å². The molecule has 5 rings (SSSR count). The molecular formula is C30H27ClN6O3. The number of hydrogen-bond acceptors (Lipinski definition) is 6. The summed E-state index contributed by atoms with van der Waals surface area (Å²) in [5, 5.41) is 24.4. The number of halogens is 1. The SMILES string of the molecule is CCCCc1nc(Cl)c(C(=O)O)n1Cc1ccc(-c2cc(-c3ccc(C(C)=O)cc3)ccc2-c2nn[nH]n2)cc1. The number of nitrogens with one attached hydrogen (secondary N) is 1. The summed E-state index contributed by atoms with van der Waals surface area (Å²) in [4.78, 5) is 28.0. The van der Waals surface area contributed by atoms with E-state index in [1.165, 1.54) is 0 Å². The molecule has 202 valence electrons. The Hall–Kier alpha value is -4.63. The monoisotopic (exact) mass is 554 g/mol. The predicted molar refractivity (Wildman–Crippen MR) is 152 cm³/mol. The van der Waals surface area contributed by atoms with Crippen molar-refractivity contribution in [2.75, 3.05) is 0 Å². The molecular weight excluding hydrogens is 528 g/mol. The summed E-state index contributed by atoms with van der Waals surface area (Å²) < 4.78 is 1.69. The van der Waals surface area contributed by atoms with Crippen molar-refractivity contribution in [3.63, 3.8) is 0 Å². The second kappa shape index (κ2) is 11.6. The maximum atomic E-state index is 11.9. The summed E-state index contributed by atoms with van der Waals surface area (Å²) in [6.07, 6.45) is 2.50. The van der Waals surface area contributed by atoms with Gasteiger partial charge in [-0.25, -0.2) is 9.78 Å². The number of tetrazole rings is 1. The van der Waals surface area contributed by atoms with Gasteiger partial charge in [0.15, 0.2) is 16.6 Å². The van der Waals surface area contributed by atoms with Crippen LogP contribution in [0.4, 0.5) is 0 Å². The predicted octanol–water partition coefficient (Wildman–Crippen LogP) is 6.34. The largest absolute Gasteiger partial charge is 0.476 e. The summed E-state index contributed by atoms with van der Waals surface area (Å²) in [7, 11) is 0. The number of carbonyl (C=O) groups is 2. The van der Waals surface area contributed by atoms with Crippen molar-refractivity contribution in [1.82, 2.24) is 30.2 Å². The van der Waals surface area contributed by atoms with Gasteiger partial charge in [-0.3, -0.25) is 4.79 Å². The highest BCUT2D eigenvalue weighted by atomic mass is 35.5. The minimum atomic E-state index is -1.10. The lowest BCUT2D eigenvalue weighted by Crippen LogP contribution is -2.13. The van der Waals surface area contributed by atoms with Gasteiger partial charge in [0.2, 0.25) is 5.82 Å². The number of Topliss-reactive ketones (excluding diaryl/α,β-unsaturated/α-hetero) is 1. The van der Waals surface area contributed by atoms with Gasteiger partial charge >= 0.3 is 5.97 Å².